The first-order valence-corrected chi connectivity index (χ1v) is 6.06. The molecule has 0 aromatic heterocycles. The van der Waals surface area contributed by atoms with E-state index in [4.69, 9.17) is 4.74 Å². The number of phenols is 1. The number of amides is 1. The van der Waals surface area contributed by atoms with Gasteiger partial charge in [-0.05, 0) is 25.1 Å². The van der Waals surface area contributed by atoms with Crippen molar-refractivity contribution in [2.24, 2.45) is 0 Å². The van der Waals surface area contributed by atoms with Gasteiger partial charge in [-0.25, -0.2) is 0 Å². The van der Waals surface area contributed by atoms with E-state index in [1.807, 2.05) is 11.8 Å². The fraction of sp³-hybridized carbons (Fsp3) is 0.462. The average molecular weight is 250 g/mol. The predicted octanol–water partition coefficient (Wildman–Crippen LogP) is 0.835. The van der Waals surface area contributed by atoms with E-state index in [1.54, 1.807) is 12.1 Å². The number of phenolic OH excluding ortho intramolecular Hbond substituents is 1. The minimum atomic E-state index is -0.0537. The maximum atomic E-state index is 12.3. The number of carbonyl (C=O) groups is 1. The van der Waals surface area contributed by atoms with Gasteiger partial charge in [0.15, 0.2) is 11.5 Å². The summed E-state index contributed by atoms with van der Waals surface area (Å²) in [5.41, 5.74) is 0.488. The van der Waals surface area contributed by atoms with E-state index >= 15 is 0 Å². The topological polar surface area (TPSA) is 61.8 Å². The normalized spacial score (nSPS) is 15.0. The van der Waals surface area contributed by atoms with Crippen molar-refractivity contribution >= 4 is 5.91 Å². The number of nitrogens with zero attached hydrogens (tertiary/aromatic N) is 1. The molecule has 0 aliphatic carbocycles. The zero-order chi connectivity index (χ0) is 13.1. The molecule has 0 unspecified atom stereocenters. The zero-order valence-electron chi connectivity index (χ0n) is 10.6. The van der Waals surface area contributed by atoms with E-state index in [0.29, 0.717) is 17.9 Å². The summed E-state index contributed by atoms with van der Waals surface area (Å²) in [6.45, 7) is 4.29. The van der Waals surface area contributed by atoms with Crippen LogP contribution < -0.4 is 10.1 Å². The van der Waals surface area contributed by atoms with Crippen LogP contribution in [0.2, 0.25) is 0 Å². The quantitative estimate of drug-likeness (QED) is 0.831. The standard InChI is InChI=1S/C13H18N2O3/c1-3-15(10-7-14-8-10)13(17)9-4-5-12(18-2)11(16)6-9/h4-6,10,14,16H,3,7-8H2,1-2H3. The van der Waals surface area contributed by atoms with Crippen LogP contribution in [0.25, 0.3) is 0 Å². The van der Waals surface area contributed by atoms with Gasteiger partial charge in [0.05, 0.1) is 13.2 Å². The number of hydrogen-bond acceptors (Lipinski definition) is 4. The fourth-order valence-electron chi connectivity index (χ4n) is 2.05. The molecule has 0 bridgehead atoms. The number of aromatic hydroxyl groups is 1. The van der Waals surface area contributed by atoms with Crippen LogP contribution in [0.1, 0.15) is 17.3 Å². The van der Waals surface area contributed by atoms with Gasteiger partial charge in [0.25, 0.3) is 5.91 Å². The van der Waals surface area contributed by atoms with Crippen LogP contribution in [0, 0.1) is 0 Å². The summed E-state index contributed by atoms with van der Waals surface area (Å²) in [4.78, 5) is 14.1. The van der Waals surface area contributed by atoms with E-state index < -0.39 is 0 Å². The van der Waals surface area contributed by atoms with Crippen LogP contribution in [0.3, 0.4) is 0 Å². The number of nitrogens with one attached hydrogen (secondary N) is 1. The Hall–Kier alpha value is -1.75. The number of hydrogen-bond donors (Lipinski definition) is 2. The molecule has 1 saturated heterocycles. The molecule has 1 fully saturated rings. The molecule has 98 valence electrons. The second kappa shape index (κ2) is 5.27. The van der Waals surface area contributed by atoms with Crippen molar-refractivity contribution in [1.82, 2.24) is 10.2 Å². The van der Waals surface area contributed by atoms with E-state index in [9.17, 15) is 9.90 Å². The molecule has 18 heavy (non-hydrogen) atoms. The monoisotopic (exact) mass is 250 g/mol. The molecular formula is C13H18N2O3. The smallest absolute Gasteiger partial charge is 0.254 e. The van der Waals surface area contributed by atoms with Gasteiger partial charge in [-0.2, -0.15) is 0 Å². The van der Waals surface area contributed by atoms with E-state index in [1.165, 1.54) is 13.2 Å². The molecule has 1 amide bonds. The Kier molecular flexibility index (Phi) is 3.72. The first-order valence-electron chi connectivity index (χ1n) is 6.06. The lowest BCUT2D eigenvalue weighted by atomic mass is 10.1. The summed E-state index contributed by atoms with van der Waals surface area (Å²) in [5.74, 6) is 0.313. The fourth-order valence-corrected chi connectivity index (χ4v) is 2.05. The lowest BCUT2D eigenvalue weighted by Crippen LogP contribution is -2.58. The predicted molar refractivity (Wildman–Crippen MR) is 68.0 cm³/mol. The molecule has 1 heterocycles. The Morgan fingerprint density at radius 1 is 1.56 bits per heavy atom. The summed E-state index contributed by atoms with van der Waals surface area (Å²) >= 11 is 0. The Bertz CT molecular complexity index is 444. The highest BCUT2D eigenvalue weighted by molar-refractivity contribution is 5.95. The van der Waals surface area contributed by atoms with Crippen LogP contribution in [-0.2, 0) is 0 Å². The largest absolute Gasteiger partial charge is 0.504 e. The summed E-state index contributed by atoms with van der Waals surface area (Å²) < 4.78 is 4.96. The molecule has 0 radical (unpaired) electrons. The van der Waals surface area contributed by atoms with Crippen molar-refractivity contribution in [3.05, 3.63) is 23.8 Å². The van der Waals surface area contributed by atoms with Crippen molar-refractivity contribution in [1.29, 1.82) is 0 Å². The number of benzene rings is 1. The lowest BCUT2D eigenvalue weighted by molar-refractivity contribution is 0.0630. The van der Waals surface area contributed by atoms with E-state index in [2.05, 4.69) is 5.32 Å². The van der Waals surface area contributed by atoms with E-state index in [-0.39, 0.29) is 17.7 Å². The van der Waals surface area contributed by atoms with E-state index in [0.717, 1.165) is 13.1 Å². The third kappa shape index (κ3) is 2.26. The molecule has 0 saturated carbocycles. The maximum Gasteiger partial charge on any atom is 0.254 e. The molecule has 1 aliphatic heterocycles. The van der Waals surface area contributed by atoms with Crippen LogP contribution in [0.15, 0.2) is 18.2 Å². The Labute approximate surface area is 106 Å². The molecule has 1 aromatic carbocycles. The summed E-state index contributed by atoms with van der Waals surface area (Å²) in [5, 5.41) is 12.8. The van der Waals surface area contributed by atoms with Crippen LogP contribution in [0.4, 0.5) is 0 Å². The third-order valence-electron chi connectivity index (χ3n) is 3.23. The van der Waals surface area contributed by atoms with Gasteiger partial charge in [-0.15, -0.1) is 0 Å². The summed E-state index contributed by atoms with van der Waals surface area (Å²) in [6.07, 6.45) is 0. The SMILES string of the molecule is CCN(C(=O)c1ccc(OC)c(O)c1)C1CNC1. The molecule has 0 atom stereocenters. The maximum absolute atomic E-state index is 12.3. The number of methoxy groups -OCH3 is 1. The second-order valence-electron chi connectivity index (χ2n) is 4.29. The molecule has 0 spiro atoms. The number of carbonyl (C=O) groups excluding carboxylic acids is 1. The summed E-state index contributed by atoms with van der Waals surface area (Å²) in [7, 11) is 1.48. The van der Waals surface area contributed by atoms with Gasteiger partial charge in [0.1, 0.15) is 0 Å². The molecule has 1 aromatic rings. The summed E-state index contributed by atoms with van der Waals surface area (Å²) in [6, 6.07) is 4.99. The van der Waals surface area contributed by atoms with Crippen molar-refractivity contribution in [2.45, 2.75) is 13.0 Å². The van der Waals surface area contributed by atoms with Crippen molar-refractivity contribution in [3.8, 4) is 11.5 Å². The molecule has 2 N–H and O–H groups in total. The van der Waals surface area contributed by atoms with Gasteiger partial charge in [-0.3, -0.25) is 4.79 Å². The third-order valence-corrected chi connectivity index (χ3v) is 3.23. The Balaban J connectivity index is 2.19. The highest BCUT2D eigenvalue weighted by Gasteiger charge is 2.28. The number of likely N-dealkylation sites (N-methyl/N-ethyl adjacent to an activating group) is 1. The Morgan fingerprint density at radius 3 is 2.72 bits per heavy atom. The van der Waals surface area contributed by atoms with Crippen LogP contribution in [0.5, 0.6) is 11.5 Å². The molecule has 2 rings (SSSR count). The zero-order valence-corrected chi connectivity index (χ0v) is 10.6. The lowest BCUT2D eigenvalue weighted by Gasteiger charge is -2.37. The molecule has 1 aliphatic rings. The highest BCUT2D eigenvalue weighted by atomic mass is 16.5. The van der Waals surface area contributed by atoms with Crippen molar-refractivity contribution in [2.75, 3.05) is 26.7 Å². The van der Waals surface area contributed by atoms with Gasteiger partial charge in [-0.1, -0.05) is 0 Å². The number of rotatable bonds is 4. The highest BCUT2D eigenvalue weighted by Crippen LogP contribution is 2.27. The minimum absolute atomic E-state index is 0.00821. The Morgan fingerprint density at radius 2 is 2.28 bits per heavy atom. The van der Waals surface area contributed by atoms with Gasteiger partial charge in [0.2, 0.25) is 0 Å². The van der Waals surface area contributed by atoms with Gasteiger partial charge >= 0.3 is 0 Å². The molecule has 5 heteroatoms. The second-order valence-corrected chi connectivity index (χ2v) is 4.29. The van der Waals surface area contributed by atoms with Gasteiger partial charge < -0.3 is 20.1 Å². The van der Waals surface area contributed by atoms with Crippen molar-refractivity contribution < 1.29 is 14.6 Å². The van der Waals surface area contributed by atoms with Crippen molar-refractivity contribution in [3.63, 3.8) is 0 Å². The van der Waals surface area contributed by atoms with Gasteiger partial charge in [0, 0.05) is 25.2 Å². The average Bonchev–Trinajstić information content (AvgIpc) is 2.32. The minimum Gasteiger partial charge on any atom is -0.504 e. The first-order chi connectivity index (χ1) is 8.67. The number of ether oxygens (including phenoxy) is 1. The molecular weight excluding hydrogens is 232 g/mol. The van der Waals surface area contributed by atoms with Crippen LogP contribution in [-0.4, -0.2) is 48.7 Å². The van der Waals surface area contributed by atoms with Crippen LogP contribution >= 0.6 is 0 Å². The molecule has 5 nitrogen and oxygen atoms in total. The first kappa shape index (κ1) is 12.7.